The summed E-state index contributed by atoms with van der Waals surface area (Å²) in [4.78, 5) is 23.1. The highest BCUT2D eigenvalue weighted by Gasteiger charge is 2.41. The molecule has 1 aromatic rings. The average molecular weight is 292 g/mol. The minimum absolute atomic E-state index is 0.0572. The number of nitrogens with zero attached hydrogens (tertiary/aromatic N) is 2. The third kappa shape index (κ3) is 4.01. The zero-order valence-corrected chi connectivity index (χ0v) is 11.5. The van der Waals surface area contributed by atoms with Crippen LogP contribution in [0.2, 0.25) is 0 Å². The molecule has 1 aromatic heterocycles. The zero-order valence-electron chi connectivity index (χ0n) is 11.5. The van der Waals surface area contributed by atoms with Crippen molar-refractivity contribution in [1.82, 2.24) is 4.57 Å². The predicted molar refractivity (Wildman–Crippen MR) is 65.5 cm³/mol. The highest BCUT2D eigenvalue weighted by molar-refractivity contribution is 5.97. The van der Waals surface area contributed by atoms with Gasteiger partial charge in [-0.25, -0.2) is 4.79 Å². The molecule has 112 valence electrons. The second-order valence-electron chi connectivity index (χ2n) is 5.12. The Morgan fingerprint density at radius 1 is 1.25 bits per heavy atom. The molecule has 0 radical (unpaired) electrons. The molecule has 0 saturated carbocycles. The molecule has 0 unspecified atom stereocenters. The highest BCUT2D eigenvalue weighted by Crippen LogP contribution is 2.23. The number of carbonyl (C=O) groups excluding carboxylic acids is 2. The molecule has 0 bridgehead atoms. The Bertz CT molecular complexity index is 515. The van der Waals surface area contributed by atoms with E-state index >= 15 is 0 Å². The van der Waals surface area contributed by atoms with Crippen LogP contribution in [0.3, 0.4) is 0 Å². The van der Waals surface area contributed by atoms with Gasteiger partial charge in [0.2, 0.25) is 0 Å². The number of rotatable bonds is 1. The van der Waals surface area contributed by atoms with E-state index in [0.717, 1.165) is 17.8 Å². The van der Waals surface area contributed by atoms with Gasteiger partial charge in [0, 0.05) is 19.4 Å². The van der Waals surface area contributed by atoms with Crippen molar-refractivity contribution in [3.63, 3.8) is 0 Å². The van der Waals surface area contributed by atoms with Crippen molar-refractivity contribution in [2.45, 2.75) is 32.5 Å². The number of halogens is 3. The van der Waals surface area contributed by atoms with Crippen molar-refractivity contribution in [2.75, 3.05) is 11.9 Å². The molecule has 1 heterocycles. The maximum atomic E-state index is 12.3. The molecule has 0 atom stereocenters. The molecular formula is C12H15F3N2O3. The molecule has 0 spiro atoms. The number of alkyl halides is 3. The van der Waals surface area contributed by atoms with E-state index in [2.05, 4.69) is 0 Å². The monoisotopic (exact) mass is 292 g/mol. The van der Waals surface area contributed by atoms with E-state index < -0.39 is 23.8 Å². The predicted octanol–water partition coefficient (Wildman–Crippen LogP) is 2.80. The van der Waals surface area contributed by atoms with Gasteiger partial charge in [0.05, 0.1) is 5.69 Å². The van der Waals surface area contributed by atoms with Crippen molar-refractivity contribution >= 4 is 17.7 Å². The second kappa shape index (κ2) is 5.18. The summed E-state index contributed by atoms with van der Waals surface area (Å²) >= 11 is 0. The third-order valence-corrected chi connectivity index (χ3v) is 2.22. The lowest BCUT2D eigenvalue weighted by molar-refractivity contribution is -0.170. The SMILES string of the molecule is CN(C(=O)C(F)(F)F)c1ccn(C(=O)OC(C)(C)C)c1. The summed E-state index contributed by atoms with van der Waals surface area (Å²) < 4.78 is 42.9. The van der Waals surface area contributed by atoms with Crippen LogP contribution in [0.5, 0.6) is 0 Å². The van der Waals surface area contributed by atoms with Crippen LogP contribution >= 0.6 is 0 Å². The Labute approximate surface area is 113 Å². The number of aromatic nitrogens is 1. The van der Waals surface area contributed by atoms with Crippen molar-refractivity contribution in [3.8, 4) is 0 Å². The van der Waals surface area contributed by atoms with Crippen molar-refractivity contribution in [2.24, 2.45) is 0 Å². The van der Waals surface area contributed by atoms with Gasteiger partial charge in [-0.05, 0) is 26.8 Å². The normalized spacial score (nSPS) is 12.2. The molecule has 0 fully saturated rings. The maximum absolute atomic E-state index is 12.3. The van der Waals surface area contributed by atoms with Gasteiger partial charge in [0.25, 0.3) is 0 Å². The maximum Gasteiger partial charge on any atom is 0.471 e. The lowest BCUT2D eigenvalue weighted by Crippen LogP contribution is -2.38. The van der Waals surface area contributed by atoms with Gasteiger partial charge in [-0.3, -0.25) is 9.36 Å². The largest absolute Gasteiger partial charge is 0.471 e. The molecule has 0 aliphatic carbocycles. The Balaban J connectivity index is 2.88. The van der Waals surface area contributed by atoms with Gasteiger partial charge < -0.3 is 9.64 Å². The first-order valence-electron chi connectivity index (χ1n) is 5.68. The van der Waals surface area contributed by atoms with Crippen molar-refractivity contribution in [3.05, 3.63) is 18.5 Å². The summed E-state index contributed by atoms with van der Waals surface area (Å²) in [5.74, 6) is -2.01. The summed E-state index contributed by atoms with van der Waals surface area (Å²) in [6, 6.07) is 1.22. The third-order valence-electron chi connectivity index (χ3n) is 2.22. The van der Waals surface area contributed by atoms with Crippen molar-refractivity contribution < 1.29 is 27.5 Å². The molecule has 20 heavy (non-hydrogen) atoms. The van der Waals surface area contributed by atoms with Gasteiger partial charge in [-0.15, -0.1) is 0 Å². The van der Waals surface area contributed by atoms with E-state index in [0.29, 0.717) is 4.90 Å². The molecule has 1 rings (SSSR count). The first-order chi connectivity index (χ1) is 8.92. The minimum atomic E-state index is -4.97. The van der Waals surface area contributed by atoms with Crippen LogP contribution in [0, 0.1) is 0 Å². The summed E-state index contributed by atoms with van der Waals surface area (Å²) in [6.07, 6.45) is -3.39. The Kier molecular flexibility index (Phi) is 4.16. The van der Waals surface area contributed by atoms with Crippen LogP contribution in [0.15, 0.2) is 18.5 Å². The molecule has 0 saturated heterocycles. The molecule has 0 aliphatic rings. The highest BCUT2D eigenvalue weighted by atomic mass is 19.4. The molecule has 0 aliphatic heterocycles. The molecule has 0 N–H and O–H groups in total. The van der Waals surface area contributed by atoms with Gasteiger partial charge in [0.1, 0.15) is 5.60 Å². The number of carbonyl (C=O) groups is 2. The van der Waals surface area contributed by atoms with E-state index in [4.69, 9.17) is 4.74 Å². The van der Waals surface area contributed by atoms with Gasteiger partial charge in [-0.1, -0.05) is 0 Å². The Morgan fingerprint density at radius 3 is 2.25 bits per heavy atom. The number of hydrogen-bond donors (Lipinski definition) is 0. The summed E-state index contributed by atoms with van der Waals surface area (Å²) in [6.45, 7) is 4.98. The Hall–Kier alpha value is -1.99. The number of ether oxygens (including phenoxy) is 1. The van der Waals surface area contributed by atoms with Crippen molar-refractivity contribution in [1.29, 1.82) is 0 Å². The first kappa shape index (κ1) is 16.1. The fraction of sp³-hybridized carbons (Fsp3) is 0.500. The van der Waals surface area contributed by atoms with E-state index in [1.165, 1.54) is 12.3 Å². The van der Waals surface area contributed by atoms with E-state index in [-0.39, 0.29) is 5.69 Å². The summed E-state index contributed by atoms with van der Waals surface area (Å²) in [5, 5.41) is 0. The van der Waals surface area contributed by atoms with Crippen LogP contribution in [0.4, 0.5) is 23.7 Å². The number of amides is 1. The smallest absolute Gasteiger partial charge is 0.443 e. The van der Waals surface area contributed by atoms with Crippen LogP contribution in [0.25, 0.3) is 0 Å². The van der Waals surface area contributed by atoms with Gasteiger partial charge in [-0.2, -0.15) is 13.2 Å². The zero-order chi connectivity index (χ0) is 15.7. The fourth-order valence-corrected chi connectivity index (χ4v) is 1.32. The number of hydrogen-bond acceptors (Lipinski definition) is 3. The quantitative estimate of drug-likeness (QED) is 0.799. The van der Waals surface area contributed by atoms with Crippen LogP contribution in [-0.4, -0.2) is 35.4 Å². The minimum Gasteiger partial charge on any atom is -0.443 e. The number of anilines is 1. The molecule has 0 aromatic carbocycles. The summed E-state index contributed by atoms with van der Waals surface area (Å²) in [5.41, 5.74) is -0.784. The van der Waals surface area contributed by atoms with Gasteiger partial charge >= 0.3 is 18.2 Å². The lowest BCUT2D eigenvalue weighted by atomic mass is 10.2. The second-order valence-corrected chi connectivity index (χ2v) is 5.12. The van der Waals surface area contributed by atoms with Crippen LogP contribution in [0.1, 0.15) is 20.8 Å². The van der Waals surface area contributed by atoms with Crippen LogP contribution < -0.4 is 4.90 Å². The topological polar surface area (TPSA) is 51.5 Å². The Morgan fingerprint density at radius 2 is 1.80 bits per heavy atom. The van der Waals surface area contributed by atoms with Gasteiger partial charge in [0.15, 0.2) is 0 Å². The van der Waals surface area contributed by atoms with E-state index in [1.807, 2.05) is 0 Å². The standard InChI is InChI=1S/C12H15F3N2O3/c1-11(2,3)20-10(19)17-6-5-8(7-17)16(4)9(18)12(13,14)15/h5-7H,1-4H3. The molecule has 1 amide bonds. The lowest BCUT2D eigenvalue weighted by Gasteiger charge is -2.19. The molecule has 8 heteroatoms. The van der Waals surface area contributed by atoms with E-state index in [9.17, 15) is 22.8 Å². The van der Waals surface area contributed by atoms with Crippen LogP contribution in [-0.2, 0) is 9.53 Å². The fourth-order valence-electron chi connectivity index (χ4n) is 1.32. The summed E-state index contributed by atoms with van der Waals surface area (Å²) in [7, 11) is 0.977. The molecular weight excluding hydrogens is 277 g/mol. The average Bonchev–Trinajstić information content (AvgIpc) is 2.72. The first-order valence-corrected chi connectivity index (χ1v) is 5.68. The molecule has 5 nitrogen and oxygen atoms in total. The van der Waals surface area contributed by atoms with E-state index in [1.54, 1.807) is 20.8 Å².